The van der Waals surface area contributed by atoms with Crippen LogP contribution >= 0.6 is 0 Å². The number of amidine groups is 1. The third-order valence-electron chi connectivity index (χ3n) is 2.36. The summed E-state index contributed by atoms with van der Waals surface area (Å²) >= 11 is 0.127. The molecule has 1 heterocycles. The van der Waals surface area contributed by atoms with Gasteiger partial charge in [-0.3, -0.25) is 0 Å². The third kappa shape index (κ3) is 1.83. The summed E-state index contributed by atoms with van der Waals surface area (Å²) in [6.07, 6.45) is 0. The van der Waals surface area contributed by atoms with Crippen molar-refractivity contribution < 1.29 is 4.79 Å². The van der Waals surface area contributed by atoms with Crippen LogP contribution in [0.15, 0.2) is 35.3 Å². The zero-order chi connectivity index (χ0) is 10.8. The summed E-state index contributed by atoms with van der Waals surface area (Å²) in [5.74, 6) is 0.168. The molecule has 1 aliphatic rings. The molecule has 0 aromatic heterocycles. The fourth-order valence-corrected chi connectivity index (χ4v) is 3.89. The van der Waals surface area contributed by atoms with Crippen LogP contribution in [0.3, 0.4) is 0 Å². The molecule has 0 radical (unpaired) electrons. The Morgan fingerprint density at radius 3 is 2.53 bits per heavy atom. The molecule has 1 saturated heterocycles. The van der Waals surface area contributed by atoms with Crippen molar-refractivity contribution >= 4 is 25.6 Å². The van der Waals surface area contributed by atoms with Gasteiger partial charge in [-0.05, 0) is 0 Å². The van der Waals surface area contributed by atoms with Crippen LogP contribution in [0.2, 0.25) is 0 Å². The fourth-order valence-electron chi connectivity index (χ4n) is 1.55. The molecule has 2 rings (SSSR count). The van der Waals surface area contributed by atoms with E-state index in [4.69, 9.17) is 0 Å². The van der Waals surface area contributed by atoms with Crippen LogP contribution in [0.1, 0.15) is 10.4 Å². The topological polar surface area (TPSA) is 32.7 Å². The van der Waals surface area contributed by atoms with E-state index >= 15 is 0 Å². The average molecular weight is 267 g/mol. The second-order valence-electron chi connectivity index (χ2n) is 3.31. The minimum absolute atomic E-state index is 0.0161. The number of carbonyl (C=O) groups is 1. The van der Waals surface area contributed by atoms with Crippen molar-refractivity contribution in [1.29, 1.82) is 0 Å². The third-order valence-corrected chi connectivity index (χ3v) is 5.25. The SMILES string of the molecule is CN=C1[Se]C(c2ccccc2)C(=O)N1C. The summed E-state index contributed by atoms with van der Waals surface area (Å²) in [6.45, 7) is 0. The molecule has 0 bridgehead atoms. The van der Waals surface area contributed by atoms with Crippen LogP contribution in [0, 0.1) is 0 Å². The van der Waals surface area contributed by atoms with Crippen LogP contribution in [-0.4, -0.2) is 44.6 Å². The van der Waals surface area contributed by atoms with Crippen molar-refractivity contribution in [2.75, 3.05) is 14.1 Å². The summed E-state index contributed by atoms with van der Waals surface area (Å²) in [5, 5.41) is 0. The molecule has 1 aliphatic heterocycles. The molecule has 0 N–H and O–H groups in total. The Morgan fingerprint density at radius 1 is 1.33 bits per heavy atom. The molecule has 4 heteroatoms. The van der Waals surface area contributed by atoms with E-state index in [1.807, 2.05) is 30.3 Å². The Hall–Kier alpha value is -1.12. The fraction of sp³-hybridized carbons (Fsp3) is 0.273. The molecule has 1 atom stereocenters. The molecule has 78 valence electrons. The molecule has 3 nitrogen and oxygen atoms in total. The first-order chi connectivity index (χ1) is 7.24. The van der Waals surface area contributed by atoms with Crippen molar-refractivity contribution in [3.05, 3.63) is 35.9 Å². The van der Waals surface area contributed by atoms with E-state index in [0.29, 0.717) is 0 Å². The maximum absolute atomic E-state index is 11.9. The number of carbonyl (C=O) groups excluding carboxylic acids is 1. The Labute approximate surface area is 95.3 Å². The second kappa shape index (κ2) is 4.17. The van der Waals surface area contributed by atoms with Crippen LogP contribution in [0.25, 0.3) is 0 Å². The predicted molar refractivity (Wildman–Crippen MR) is 61.1 cm³/mol. The molecule has 0 saturated carbocycles. The van der Waals surface area contributed by atoms with Crippen molar-refractivity contribution in [2.45, 2.75) is 4.82 Å². The number of nitrogens with zero attached hydrogens (tertiary/aromatic N) is 2. The quantitative estimate of drug-likeness (QED) is 0.695. The molecular formula is C11H12N2OSe. The van der Waals surface area contributed by atoms with Gasteiger partial charge in [0.25, 0.3) is 0 Å². The number of hydrogen-bond donors (Lipinski definition) is 0. The Kier molecular flexibility index (Phi) is 2.89. The number of likely N-dealkylation sites (N-methyl/N-ethyl adjacent to an activating group) is 1. The van der Waals surface area contributed by atoms with E-state index in [2.05, 4.69) is 4.99 Å². The zero-order valence-electron chi connectivity index (χ0n) is 8.68. The van der Waals surface area contributed by atoms with E-state index in [1.54, 1.807) is 19.0 Å². The number of hydrogen-bond acceptors (Lipinski definition) is 2. The van der Waals surface area contributed by atoms with Gasteiger partial charge in [-0.1, -0.05) is 0 Å². The molecule has 15 heavy (non-hydrogen) atoms. The van der Waals surface area contributed by atoms with Gasteiger partial charge < -0.3 is 0 Å². The summed E-state index contributed by atoms with van der Waals surface area (Å²) in [6, 6.07) is 9.93. The van der Waals surface area contributed by atoms with Gasteiger partial charge in [0.1, 0.15) is 0 Å². The molecule has 0 spiro atoms. The number of benzene rings is 1. The molecule has 1 aromatic rings. The zero-order valence-corrected chi connectivity index (χ0v) is 10.4. The molecule has 1 unspecified atom stereocenters. The summed E-state index contributed by atoms with van der Waals surface area (Å²) in [7, 11) is 3.55. The van der Waals surface area contributed by atoms with Gasteiger partial charge >= 0.3 is 95.1 Å². The summed E-state index contributed by atoms with van der Waals surface area (Å²) < 4.78 is 0.932. The minimum atomic E-state index is 0.0161. The van der Waals surface area contributed by atoms with E-state index < -0.39 is 0 Å². The van der Waals surface area contributed by atoms with Crippen molar-refractivity contribution in [3.8, 4) is 0 Å². The molecule has 1 aromatic carbocycles. The van der Waals surface area contributed by atoms with Crippen molar-refractivity contribution in [1.82, 2.24) is 4.90 Å². The first-order valence-corrected chi connectivity index (χ1v) is 6.54. The Bertz CT molecular complexity index is 402. The monoisotopic (exact) mass is 268 g/mol. The van der Waals surface area contributed by atoms with E-state index in [1.165, 1.54) is 0 Å². The number of aliphatic imine (C=N–C) groups is 1. The van der Waals surface area contributed by atoms with Gasteiger partial charge in [-0.25, -0.2) is 0 Å². The first-order valence-electron chi connectivity index (χ1n) is 4.70. The van der Waals surface area contributed by atoms with Crippen LogP contribution < -0.4 is 0 Å². The van der Waals surface area contributed by atoms with Crippen molar-refractivity contribution in [2.24, 2.45) is 4.99 Å². The Balaban J connectivity index is 2.31. The maximum atomic E-state index is 11.9. The second-order valence-corrected chi connectivity index (χ2v) is 5.56. The van der Waals surface area contributed by atoms with Gasteiger partial charge in [0, 0.05) is 0 Å². The van der Waals surface area contributed by atoms with Gasteiger partial charge in [-0.15, -0.1) is 0 Å². The van der Waals surface area contributed by atoms with Crippen LogP contribution in [0.5, 0.6) is 0 Å². The average Bonchev–Trinajstić information content (AvgIpc) is 2.57. The van der Waals surface area contributed by atoms with Gasteiger partial charge in [0.15, 0.2) is 0 Å². The number of rotatable bonds is 1. The molecular weight excluding hydrogens is 255 g/mol. The standard InChI is InChI=1S/C11H12N2OSe/c1-12-11-13(2)10(14)9(15-11)8-6-4-3-5-7-8/h3-7,9H,1-2H3. The molecule has 1 amide bonds. The van der Waals surface area contributed by atoms with E-state index in [0.717, 1.165) is 10.3 Å². The van der Waals surface area contributed by atoms with Gasteiger partial charge in [0.05, 0.1) is 0 Å². The Morgan fingerprint density at radius 2 is 2.00 bits per heavy atom. The van der Waals surface area contributed by atoms with Gasteiger partial charge in [0.2, 0.25) is 0 Å². The molecule has 0 aliphatic carbocycles. The van der Waals surface area contributed by atoms with Crippen molar-refractivity contribution in [3.63, 3.8) is 0 Å². The predicted octanol–water partition coefficient (Wildman–Crippen LogP) is 0.890. The normalized spacial score (nSPS) is 23.9. The van der Waals surface area contributed by atoms with Crippen LogP contribution in [-0.2, 0) is 4.79 Å². The number of amides is 1. The summed E-state index contributed by atoms with van der Waals surface area (Å²) in [4.78, 5) is 17.8. The first kappa shape index (κ1) is 10.4. The summed E-state index contributed by atoms with van der Waals surface area (Å²) in [5.41, 5.74) is 1.10. The van der Waals surface area contributed by atoms with Gasteiger partial charge in [-0.2, -0.15) is 0 Å². The van der Waals surface area contributed by atoms with E-state index in [-0.39, 0.29) is 25.7 Å². The molecule has 1 fully saturated rings. The van der Waals surface area contributed by atoms with E-state index in [9.17, 15) is 4.79 Å². The van der Waals surface area contributed by atoms with Crippen LogP contribution in [0.4, 0.5) is 0 Å².